The fraction of sp³-hybridized carbons (Fsp3) is 0.364. The van der Waals surface area contributed by atoms with Gasteiger partial charge in [0.05, 0.1) is 5.56 Å². The van der Waals surface area contributed by atoms with E-state index in [9.17, 15) is 4.79 Å². The molecule has 0 atom stereocenters. The highest BCUT2D eigenvalue weighted by atomic mass is 32.1. The van der Waals surface area contributed by atoms with Crippen molar-refractivity contribution in [1.82, 2.24) is 19.7 Å². The first kappa shape index (κ1) is 11.8. The van der Waals surface area contributed by atoms with Gasteiger partial charge >= 0.3 is 0 Å². The first-order valence-corrected chi connectivity index (χ1v) is 5.67. The maximum absolute atomic E-state index is 11.8. The fourth-order valence-corrected chi connectivity index (χ4v) is 2.10. The highest BCUT2D eigenvalue weighted by Gasteiger charge is 2.21. The zero-order valence-electron chi connectivity index (χ0n) is 9.94. The van der Waals surface area contributed by atoms with Gasteiger partial charge in [0.15, 0.2) is 16.0 Å². The topological polar surface area (TPSA) is 66.5 Å². The maximum Gasteiger partial charge on any atom is 0.195 e. The van der Waals surface area contributed by atoms with Crippen molar-refractivity contribution >= 4 is 12.2 Å². The van der Waals surface area contributed by atoms with Gasteiger partial charge in [0.1, 0.15) is 0 Å². The summed E-state index contributed by atoms with van der Waals surface area (Å²) >= 11 is 5.20. The summed E-state index contributed by atoms with van der Waals surface area (Å²) in [7, 11) is 0. The Morgan fingerprint density at radius 3 is 2.71 bits per heavy atom. The second-order valence-corrected chi connectivity index (χ2v) is 5.17. The van der Waals surface area contributed by atoms with Crippen molar-refractivity contribution in [3.63, 3.8) is 0 Å². The molecule has 0 saturated carbocycles. The van der Waals surface area contributed by atoms with Crippen LogP contribution in [-0.4, -0.2) is 19.7 Å². The fourth-order valence-electron chi connectivity index (χ4n) is 1.69. The van der Waals surface area contributed by atoms with E-state index in [-0.39, 0.29) is 11.0 Å². The van der Waals surface area contributed by atoms with Crippen LogP contribution in [0.3, 0.4) is 0 Å². The van der Waals surface area contributed by atoms with Crippen molar-refractivity contribution in [2.75, 3.05) is 0 Å². The lowest BCUT2D eigenvalue weighted by molar-refractivity contribution is 0.395. The van der Waals surface area contributed by atoms with Crippen LogP contribution in [0.4, 0.5) is 0 Å². The highest BCUT2D eigenvalue weighted by molar-refractivity contribution is 7.71. The Morgan fingerprint density at radius 2 is 2.12 bits per heavy atom. The third-order valence-electron chi connectivity index (χ3n) is 2.41. The molecule has 0 radical (unpaired) electrons. The van der Waals surface area contributed by atoms with Gasteiger partial charge < -0.3 is 4.98 Å². The number of rotatable bonds is 1. The summed E-state index contributed by atoms with van der Waals surface area (Å²) in [5.41, 5.74) is 0.194. The Bertz CT molecular complexity index is 644. The molecule has 0 amide bonds. The monoisotopic (exact) mass is 250 g/mol. The van der Waals surface area contributed by atoms with Crippen LogP contribution >= 0.6 is 12.2 Å². The van der Waals surface area contributed by atoms with Gasteiger partial charge in [-0.05, 0) is 33.0 Å². The van der Waals surface area contributed by atoms with E-state index >= 15 is 0 Å². The van der Waals surface area contributed by atoms with Gasteiger partial charge in [-0.15, -0.1) is 0 Å². The normalized spacial score (nSPS) is 11.7. The van der Waals surface area contributed by atoms with Crippen molar-refractivity contribution < 1.29 is 0 Å². The van der Waals surface area contributed by atoms with E-state index in [2.05, 4.69) is 15.2 Å². The molecule has 90 valence electrons. The molecule has 2 rings (SSSR count). The molecule has 0 aliphatic heterocycles. The summed E-state index contributed by atoms with van der Waals surface area (Å²) in [4.78, 5) is 14.7. The molecule has 0 fully saturated rings. The van der Waals surface area contributed by atoms with E-state index in [4.69, 9.17) is 12.2 Å². The van der Waals surface area contributed by atoms with Gasteiger partial charge in [0.2, 0.25) is 0 Å². The standard InChI is InChI=1S/C11H14N4OS/c1-11(2,3)15-9(13-14-10(15)17)7-6-12-5-4-8(7)16/h4-6H,1-3H3,(H,12,16)(H,14,17). The smallest absolute Gasteiger partial charge is 0.195 e. The number of hydrogen-bond acceptors (Lipinski definition) is 3. The molecule has 0 aliphatic carbocycles. The van der Waals surface area contributed by atoms with Crippen molar-refractivity contribution in [1.29, 1.82) is 0 Å². The van der Waals surface area contributed by atoms with E-state index in [0.717, 1.165) is 0 Å². The predicted octanol–water partition coefficient (Wildman–Crippen LogP) is 2.05. The van der Waals surface area contributed by atoms with Crippen LogP contribution in [0, 0.1) is 4.77 Å². The zero-order valence-corrected chi connectivity index (χ0v) is 10.8. The molecule has 2 N–H and O–H groups in total. The number of nitrogens with one attached hydrogen (secondary N) is 2. The van der Waals surface area contributed by atoms with Crippen LogP contribution in [0.1, 0.15) is 20.8 Å². The lowest BCUT2D eigenvalue weighted by Gasteiger charge is -2.22. The summed E-state index contributed by atoms with van der Waals surface area (Å²) < 4.78 is 2.35. The van der Waals surface area contributed by atoms with Crippen LogP contribution in [0.25, 0.3) is 11.4 Å². The Morgan fingerprint density at radius 1 is 1.41 bits per heavy atom. The molecule has 2 aromatic heterocycles. The van der Waals surface area contributed by atoms with Crippen molar-refractivity contribution in [3.8, 4) is 11.4 Å². The van der Waals surface area contributed by atoms with Gasteiger partial charge in [-0.3, -0.25) is 14.5 Å². The molecule has 6 heteroatoms. The SMILES string of the molecule is CC(C)(C)n1c(-c2c[nH]ccc2=O)n[nH]c1=S. The predicted molar refractivity (Wildman–Crippen MR) is 68.5 cm³/mol. The van der Waals surface area contributed by atoms with E-state index in [1.807, 2.05) is 25.3 Å². The number of pyridine rings is 1. The highest BCUT2D eigenvalue weighted by Crippen LogP contribution is 2.21. The molecule has 0 spiro atoms. The molecule has 0 bridgehead atoms. The van der Waals surface area contributed by atoms with Crippen LogP contribution in [0.2, 0.25) is 0 Å². The lowest BCUT2D eigenvalue weighted by atomic mass is 10.1. The summed E-state index contributed by atoms with van der Waals surface area (Å²) in [5, 5.41) is 6.87. The molecule has 0 aliphatic rings. The first-order chi connectivity index (χ1) is 7.91. The quantitative estimate of drug-likeness (QED) is 0.761. The molecule has 0 saturated heterocycles. The Kier molecular flexibility index (Phi) is 2.74. The van der Waals surface area contributed by atoms with Crippen molar-refractivity contribution in [3.05, 3.63) is 33.5 Å². The lowest BCUT2D eigenvalue weighted by Crippen LogP contribution is -2.24. The summed E-state index contributed by atoms with van der Waals surface area (Å²) in [6.45, 7) is 6.04. The number of aromatic nitrogens is 4. The molecule has 17 heavy (non-hydrogen) atoms. The average molecular weight is 250 g/mol. The van der Waals surface area contributed by atoms with E-state index in [1.54, 1.807) is 12.4 Å². The van der Waals surface area contributed by atoms with E-state index in [1.165, 1.54) is 6.07 Å². The van der Waals surface area contributed by atoms with Crippen LogP contribution in [0.5, 0.6) is 0 Å². The number of H-pyrrole nitrogens is 2. The number of hydrogen-bond donors (Lipinski definition) is 2. The Labute approximate surface area is 104 Å². The second-order valence-electron chi connectivity index (χ2n) is 4.78. The molecular formula is C11H14N4OS. The minimum atomic E-state index is -0.234. The molecule has 5 nitrogen and oxygen atoms in total. The van der Waals surface area contributed by atoms with Crippen LogP contribution < -0.4 is 5.43 Å². The van der Waals surface area contributed by atoms with Crippen LogP contribution in [-0.2, 0) is 5.54 Å². The molecule has 0 unspecified atom stereocenters. The third kappa shape index (κ3) is 2.08. The van der Waals surface area contributed by atoms with Crippen molar-refractivity contribution in [2.45, 2.75) is 26.3 Å². The molecule has 2 aromatic rings. The van der Waals surface area contributed by atoms with Gasteiger partial charge in [0.25, 0.3) is 0 Å². The molecule has 0 aromatic carbocycles. The Hall–Kier alpha value is -1.69. The van der Waals surface area contributed by atoms with Gasteiger partial charge in [0, 0.05) is 24.0 Å². The minimum absolute atomic E-state index is 0.0803. The van der Waals surface area contributed by atoms with E-state index in [0.29, 0.717) is 16.2 Å². The molecular weight excluding hydrogens is 236 g/mol. The van der Waals surface area contributed by atoms with E-state index < -0.39 is 0 Å². The average Bonchev–Trinajstić information content (AvgIpc) is 2.60. The third-order valence-corrected chi connectivity index (χ3v) is 2.68. The summed E-state index contributed by atoms with van der Waals surface area (Å²) in [6.07, 6.45) is 3.23. The number of aromatic amines is 2. The van der Waals surface area contributed by atoms with Crippen molar-refractivity contribution in [2.24, 2.45) is 0 Å². The second kappa shape index (κ2) is 3.96. The van der Waals surface area contributed by atoms with Crippen LogP contribution in [0.15, 0.2) is 23.3 Å². The Balaban J connectivity index is 2.75. The largest absolute Gasteiger partial charge is 0.367 e. The van der Waals surface area contributed by atoms with Gasteiger partial charge in [-0.2, -0.15) is 5.10 Å². The first-order valence-electron chi connectivity index (χ1n) is 5.26. The van der Waals surface area contributed by atoms with Gasteiger partial charge in [-0.1, -0.05) is 0 Å². The summed E-state index contributed by atoms with van der Waals surface area (Å²) in [6, 6.07) is 1.47. The summed E-state index contributed by atoms with van der Waals surface area (Å²) in [5.74, 6) is 0.560. The maximum atomic E-state index is 11.8. The zero-order chi connectivity index (χ0) is 12.6. The number of nitrogens with zero attached hydrogens (tertiary/aromatic N) is 2. The minimum Gasteiger partial charge on any atom is -0.367 e. The molecule has 2 heterocycles. The van der Waals surface area contributed by atoms with Gasteiger partial charge in [-0.25, -0.2) is 0 Å².